The molecule has 2 saturated carbocycles. The standard InChI is InChI=1S/C12H20Cl2/c13-11-8-4-5-9-12(11,14)10-6-2-1-3-7-10/h10-11H,1-9H2. The minimum atomic E-state index is -0.0553. The highest BCUT2D eigenvalue weighted by molar-refractivity contribution is 6.32. The zero-order valence-electron chi connectivity index (χ0n) is 8.77. The van der Waals surface area contributed by atoms with Gasteiger partial charge in [-0.15, -0.1) is 23.2 Å². The van der Waals surface area contributed by atoms with E-state index in [1.807, 2.05) is 0 Å². The summed E-state index contributed by atoms with van der Waals surface area (Å²) in [6.45, 7) is 0. The highest BCUT2D eigenvalue weighted by Gasteiger charge is 2.44. The first-order valence-corrected chi connectivity index (χ1v) is 6.88. The molecule has 0 amide bonds. The van der Waals surface area contributed by atoms with E-state index < -0.39 is 0 Å². The van der Waals surface area contributed by atoms with E-state index in [9.17, 15) is 0 Å². The van der Waals surface area contributed by atoms with E-state index >= 15 is 0 Å². The van der Waals surface area contributed by atoms with Gasteiger partial charge in [0.1, 0.15) is 0 Å². The van der Waals surface area contributed by atoms with Gasteiger partial charge in [0, 0.05) is 0 Å². The van der Waals surface area contributed by atoms with Crippen LogP contribution in [0.1, 0.15) is 57.8 Å². The van der Waals surface area contributed by atoms with Crippen LogP contribution < -0.4 is 0 Å². The van der Waals surface area contributed by atoms with Gasteiger partial charge in [-0.2, -0.15) is 0 Å². The van der Waals surface area contributed by atoms with Crippen LogP contribution >= 0.6 is 23.2 Å². The minimum absolute atomic E-state index is 0.0553. The Kier molecular flexibility index (Phi) is 3.65. The molecule has 2 aliphatic rings. The van der Waals surface area contributed by atoms with Crippen LogP contribution in [0.5, 0.6) is 0 Å². The molecule has 0 saturated heterocycles. The summed E-state index contributed by atoms with van der Waals surface area (Å²) in [5.41, 5.74) is 0. The molecule has 0 aromatic carbocycles. The largest absolute Gasteiger partial charge is 0.121 e. The van der Waals surface area contributed by atoms with Gasteiger partial charge in [0.2, 0.25) is 0 Å². The van der Waals surface area contributed by atoms with E-state index in [1.165, 1.54) is 44.9 Å². The molecule has 0 radical (unpaired) electrons. The van der Waals surface area contributed by atoms with Crippen LogP contribution in [-0.2, 0) is 0 Å². The molecule has 2 atom stereocenters. The smallest absolute Gasteiger partial charge is 0.0637 e. The Hall–Kier alpha value is 0.580. The van der Waals surface area contributed by atoms with Gasteiger partial charge in [-0.05, 0) is 31.6 Å². The summed E-state index contributed by atoms with van der Waals surface area (Å²) in [5, 5.41) is 0.223. The lowest BCUT2D eigenvalue weighted by Crippen LogP contribution is -2.44. The number of hydrogen-bond acceptors (Lipinski definition) is 0. The molecule has 0 bridgehead atoms. The van der Waals surface area contributed by atoms with Crippen molar-refractivity contribution in [3.8, 4) is 0 Å². The molecule has 2 aliphatic carbocycles. The third-order valence-corrected chi connectivity index (χ3v) is 5.55. The van der Waals surface area contributed by atoms with Crippen LogP contribution in [0.25, 0.3) is 0 Å². The summed E-state index contributed by atoms with van der Waals surface area (Å²) in [5.74, 6) is 0.695. The summed E-state index contributed by atoms with van der Waals surface area (Å²) < 4.78 is 0. The van der Waals surface area contributed by atoms with E-state index in [0.717, 1.165) is 12.8 Å². The predicted molar refractivity (Wildman–Crippen MR) is 63.3 cm³/mol. The van der Waals surface area contributed by atoms with Gasteiger partial charge in [-0.1, -0.05) is 32.1 Å². The maximum absolute atomic E-state index is 6.77. The maximum Gasteiger partial charge on any atom is 0.0637 e. The topological polar surface area (TPSA) is 0 Å². The Bertz CT molecular complexity index is 187. The molecule has 2 fully saturated rings. The van der Waals surface area contributed by atoms with Crippen molar-refractivity contribution in [3.05, 3.63) is 0 Å². The summed E-state index contributed by atoms with van der Waals surface area (Å²) in [7, 11) is 0. The van der Waals surface area contributed by atoms with Gasteiger partial charge < -0.3 is 0 Å². The molecule has 0 N–H and O–H groups in total. The van der Waals surface area contributed by atoms with Crippen molar-refractivity contribution in [2.45, 2.75) is 68.0 Å². The van der Waals surface area contributed by atoms with E-state index in [1.54, 1.807) is 0 Å². The SMILES string of the molecule is ClC1CCCCC1(Cl)C1CCCCC1. The average molecular weight is 235 g/mol. The van der Waals surface area contributed by atoms with Crippen LogP contribution in [-0.4, -0.2) is 10.3 Å². The summed E-state index contributed by atoms with van der Waals surface area (Å²) in [6, 6.07) is 0. The fourth-order valence-electron chi connectivity index (χ4n) is 3.16. The maximum atomic E-state index is 6.77. The second-order valence-corrected chi connectivity index (χ2v) is 6.21. The first kappa shape index (κ1) is 11.1. The van der Waals surface area contributed by atoms with Crippen molar-refractivity contribution in [1.82, 2.24) is 0 Å². The Morgan fingerprint density at radius 3 is 2.14 bits per heavy atom. The van der Waals surface area contributed by atoms with Crippen LogP contribution in [0, 0.1) is 5.92 Å². The van der Waals surface area contributed by atoms with Crippen molar-refractivity contribution >= 4 is 23.2 Å². The van der Waals surface area contributed by atoms with Gasteiger partial charge in [0.25, 0.3) is 0 Å². The zero-order valence-corrected chi connectivity index (χ0v) is 10.3. The molecule has 0 aliphatic heterocycles. The Morgan fingerprint density at radius 2 is 1.50 bits per heavy atom. The number of alkyl halides is 2. The van der Waals surface area contributed by atoms with Gasteiger partial charge in [-0.3, -0.25) is 0 Å². The second-order valence-electron chi connectivity index (χ2n) is 4.98. The van der Waals surface area contributed by atoms with E-state index in [2.05, 4.69) is 0 Å². The van der Waals surface area contributed by atoms with Crippen molar-refractivity contribution in [1.29, 1.82) is 0 Å². The monoisotopic (exact) mass is 234 g/mol. The Labute approximate surface area is 97.3 Å². The molecule has 0 spiro atoms. The first-order chi connectivity index (χ1) is 6.73. The molecule has 0 heterocycles. The van der Waals surface area contributed by atoms with Crippen molar-refractivity contribution in [3.63, 3.8) is 0 Å². The molecule has 2 heteroatoms. The molecule has 0 aromatic heterocycles. The Morgan fingerprint density at radius 1 is 0.857 bits per heavy atom. The van der Waals surface area contributed by atoms with E-state index in [0.29, 0.717) is 5.92 Å². The van der Waals surface area contributed by atoms with Crippen LogP contribution in [0.15, 0.2) is 0 Å². The minimum Gasteiger partial charge on any atom is -0.121 e. The normalized spacial score (nSPS) is 41.1. The Balaban J connectivity index is 2.03. The van der Waals surface area contributed by atoms with Crippen LogP contribution in [0.3, 0.4) is 0 Å². The predicted octanol–water partition coefficient (Wildman–Crippen LogP) is 4.73. The lowest BCUT2D eigenvalue weighted by molar-refractivity contribution is 0.225. The van der Waals surface area contributed by atoms with Crippen LogP contribution in [0.4, 0.5) is 0 Å². The molecule has 2 unspecified atom stereocenters. The summed E-state index contributed by atoms with van der Waals surface area (Å²) >= 11 is 13.2. The third-order valence-electron chi connectivity index (χ3n) is 4.07. The highest BCUT2D eigenvalue weighted by Crippen LogP contribution is 2.48. The van der Waals surface area contributed by atoms with Gasteiger partial charge in [0.05, 0.1) is 10.3 Å². The van der Waals surface area contributed by atoms with Crippen LogP contribution in [0.2, 0.25) is 0 Å². The van der Waals surface area contributed by atoms with Gasteiger partial charge in [0.15, 0.2) is 0 Å². The second kappa shape index (κ2) is 4.61. The summed E-state index contributed by atoms with van der Waals surface area (Å²) in [4.78, 5) is -0.0553. The van der Waals surface area contributed by atoms with E-state index in [-0.39, 0.29) is 10.3 Å². The number of rotatable bonds is 1. The quantitative estimate of drug-likeness (QED) is 0.576. The van der Waals surface area contributed by atoms with Gasteiger partial charge >= 0.3 is 0 Å². The third kappa shape index (κ3) is 2.07. The lowest BCUT2D eigenvalue weighted by atomic mass is 9.72. The molecule has 14 heavy (non-hydrogen) atoms. The zero-order chi connectivity index (χ0) is 10.0. The molecule has 82 valence electrons. The number of hydrogen-bond donors (Lipinski definition) is 0. The van der Waals surface area contributed by atoms with Gasteiger partial charge in [-0.25, -0.2) is 0 Å². The molecule has 0 aromatic rings. The van der Waals surface area contributed by atoms with Crippen molar-refractivity contribution < 1.29 is 0 Å². The molecular weight excluding hydrogens is 215 g/mol. The summed E-state index contributed by atoms with van der Waals surface area (Å²) in [6.07, 6.45) is 11.6. The first-order valence-electron chi connectivity index (χ1n) is 6.06. The molecule has 2 rings (SSSR count). The van der Waals surface area contributed by atoms with Crippen molar-refractivity contribution in [2.24, 2.45) is 5.92 Å². The number of halogens is 2. The molecular formula is C12H20Cl2. The van der Waals surface area contributed by atoms with E-state index in [4.69, 9.17) is 23.2 Å². The fraction of sp³-hybridized carbons (Fsp3) is 1.00. The fourth-order valence-corrected chi connectivity index (χ4v) is 4.06. The highest BCUT2D eigenvalue weighted by atomic mass is 35.5. The van der Waals surface area contributed by atoms with Crippen molar-refractivity contribution in [2.75, 3.05) is 0 Å². The molecule has 0 nitrogen and oxygen atoms in total. The lowest BCUT2D eigenvalue weighted by Gasteiger charge is -2.43. The average Bonchev–Trinajstić information content (AvgIpc) is 2.24.